The van der Waals surface area contributed by atoms with Crippen molar-refractivity contribution in [3.05, 3.63) is 47.5 Å². The first-order chi connectivity index (χ1) is 13.1. The second-order valence-electron chi connectivity index (χ2n) is 6.31. The molecular weight excluding hydrogens is 391 g/mol. The number of halogens is 5. The number of carboxylic acid groups (broad SMARTS) is 1. The molecule has 1 saturated carbocycles. The summed E-state index contributed by atoms with van der Waals surface area (Å²) in [6.07, 6.45) is -5.20. The summed E-state index contributed by atoms with van der Waals surface area (Å²) in [6.45, 7) is -3.34. The monoisotopic (exact) mass is 402 g/mol. The van der Waals surface area contributed by atoms with Crippen molar-refractivity contribution in [3.63, 3.8) is 0 Å². The second-order valence-corrected chi connectivity index (χ2v) is 6.31. The van der Waals surface area contributed by atoms with Gasteiger partial charge in [0.25, 0.3) is 0 Å². The first-order valence-corrected chi connectivity index (χ1v) is 8.02. The maximum atomic E-state index is 12.8. The molecule has 0 bridgehead atoms. The van der Waals surface area contributed by atoms with E-state index in [0.717, 1.165) is 6.07 Å². The van der Waals surface area contributed by atoms with E-state index >= 15 is 0 Å². The molecule has 0 spiro atoms. The fraction of sp³-hybridized carbons (Fsp3) is 0.278. The van der Waals surface area contributed by atoms with Crippen molar-refractivity contribution in [1.29, 1.82) is 0 Å². The van der Waals surface area contributed by atoms with Gasteiger partial charge in [-0.25, -0.2) is 0 Å². The molecule has 10 heteroatoms. The lowest BCUT2D eigenvalue weighted by Gasteiger charge is -2.15. The number of rotatable bonds is 5. The van der Waals surface area contributed by atoms with Crippen LogP contribution in [-0.4, -0.2) is 23.8 Å². The number of fused-ring (bicyclic) bond motifs is 3. The number of benzene rings is 2. The molecule has 2 aliphatic rings. The molecular formula is C18H11F5O5. The van der Waals surface area contributed by atoms with Crippen LogP contribution in [0.15, 0.2) is 36.4 Å². The number of aliphatic carboxylic acids is 1. The van der Waals surface area contributed by atoms with Crippen molar-refractivity contribution in [3.8, 4) is 23.0 Å². The van der Waals surface area contributed by atoms with Gasteiger partial charge in [-0.3, -0.25) is 4.79 Å². The number of hydrogen-bond acceptors (Lipinski definition) is 4. The molecule has 2 aromatic rings. The molecule has 4 rings (SSSR count). The van der Waals surface area contributed by atoms with Crippen molar-refractivity contribution in [1.82, 2.24) is 0 Å². The maximum Gasteiger partial charge on any atom is 0.416 e. The largest absolute Gasteiger partial charge is 0.488 e. The standard InChI is InChI=1S/C18H11F5O5/c19-17(20)28-12-5-7(18(21,22)23)1-4-10(12)26-8-2-3-9-11(6-8)27-15-13(9)14(15)16(24)25/h1-6,13-15,17H,(H,24,25)/t13-,14-,15-/m1/s1. The Bertz CT molecular complexity index is 942. The van der Waals surface area contributed by atoms with Crippen LogP contribution in [0.4, 0.5) is 22.0 Å². The van der Waals surface area contributed by atoms with Crippen LogP contribution in [0.25, 0.3) is 0 Å². The van der Waals surface area contributed by atoms with Crippen LogP contribution in [0.1, 0.15) is 17.0 Å². The van der Waals surface area contributed by atoms with E-state index in [9.17, 15) is 26.7 Å². The van der Waals surface area contributed by atoms with Crippen LogP contribution in [0, 0.1) is 5.92 Å². The summed E-state index contributed by atoms with van der Waals surface area (Å²) in [4.78, 5) is 11.1. The third-order valence-electron chi connectivity index (χ3n) is 4.56. The molecule has 0 radical (unpaired) electrons. The van der Waals surface area contributed by atoms with Gasteiger partial charge < -0.3 is 19.3 Å². The predicted molar refractivity (Wildman–Crippen MR) is 82.9 cm³/mol. The predicted octanol–water partition coefficient (Wildman–Crippen LogP) is 4.66. The Morgan fingerprint density at radius 3 is 2.50 bits per heavy atom. The van der Waals surface area contributed by atoms with Crippen molar-refractivity contribution < 1.29 is 46.1 Å². The van der Waals surface area contributed by atoms with E-state index in [1.54, 1.807) is 6.07 Å². The molecule has 1 fully saturated rings. The average Bonchev–Trinajstić information content (AvgIpc) is 3.18. The number of carboxylic acids is 1. The average molecular weight is 402 g/mol. The first-order valence-electron chi connectivity index (χ1n) is 8.02. The van der Waals surface area contributed by atoms with E-state index < -0.39 is 42.1 Å². The summed E-state index contributed by atoms with van der Waals surface area (Å²) in [5, 5.41) is 9.06. The minimum Gasteiger partial charge on any atom is -0.488 e. The topological polar surface area (TPSA) is 65.0 Å². The van der Waals surface area contributed by atoms with Gasteiger partial charge in [0.15, 0.2) is 11.5 Å². The van der Waals surface area contributed by atoms with Crippen LogP contribution in [0.5, 0.6) is 23.0 Å². The summed E-state index contributed by atoms with van der Waals surface area (Å²) in [6, 6.07) is 6.45. The Morgan fingerprint density at radius 2 is 1.86 bits per heavy atom. The molecule has 0 saturated heterocycles. The number of ether oxygens (including phenoxy) is 3. The van der Waals surface area contributed by atoms with Crippen molar-refractivity contribution in [2.45, 2.75) is 24.8 Å². The zero-order valence-electron chi connectivity index (χ0n) is 13.7. The van der Waals surface area contributed by atoms with Gasteiger partial charge in [0.05, 0.1) is 5.56 Å². The van der Waals surface area contributed by atoms with Crippen LogP contribution in [-0.2, 0) is 11.0 Å². The summed E-state index contributed by atoms with van der Waals surface area (Å²) >= 11 is 0. The normalized spacial score (nSPS) is 22.3. The smallest absolute Gasteiger partial charge is 0.416 e. The van der Waals surface area contributed by atoms with Crippen LogP contribution >= 0.6 is 0 Å². The fourth-order valence-electron chi connectivity index (χ4n) is 3.28. The molecule has 28 heavy (non-hydrogen) atoms. The summed E-state index contributed by atoms with van der Waals surface area (Å²) < 4.78 is 78.6. The highest BCUT2D eigenvalue weighted by molar-refractivity contribution is 5.79. The molecule has 0 amide bonds. The molecule has 1 N–H and O–H groups in total. The quantitative estimate of drug-likeness (QED) is 0.738. The van der Waals surface area contributed by atoms with Crippen molar-refractivity contribution in [2.75, 3.05) is 0 Å². The molecule has 1 aliphatic heterocycles. The van der Waals surface area contributed by atoms with E-state index in [1.165, 1.54) is 12.1 Å². The van der Waals surface area contributed by atoms with E-state index in [2.05, 4.69) is 4.74 Å². The molecule has 2 aromatic carbocycles. The van der Waals surface area contributed by atoms with Crippen molar-refractivity contribution >= 4 is 5.97 Å². The van der Waals surface area contributed by atoms with E-state index in [4.69, 9.17) is 14.6 Å². The highest BCUT2D eigenvalue weighted by Crippen LogP contribution is 2.59. The van der Waals surface area contributed by atoms with Gasteiger partial charge in [0, 0.05) is 17.5 Å². The van der Waals surface area contributed by atoms with Gasteiger partial charge in [-0.1, -0.05) is 6.07 Å². The van der Waals surface area contributed by atoms with Crippen LogP contribution in [0.2, 0.25) is 0 Å². The van der Waals surface area contributed by atoms with E-state index in [-0.39, 0.29) is 17.4 Å². The number of alkyl halides is 5. The third-order valence-corrected chi connectivity index (χ3v) is 4.56. The van der Waals surface area contributed by atoms with E-state index in [1.807, 2.05) is 0 Å². The molecule has 1 heterocycles. The lowest BCUT2D eigenvalue weighted by Crippen LogP contribution is -2.09. The van der Waals surface area contributed by atoms with Gasteiger partial charge in [0.2, 0.25) is 0 Å². The second kappa shape index (κ2) is 6.25. The Labute approximate surface area is 154 Å². The Kier molecular flexibility index (Phi) is 4.09. The van der Waals surface area contributed by atoms with Crippen molar-refractivity contribution in [2.24, 2.45) is 5.92 Å². The fourth-order valence-corrected chi connectivity index (χ4v) is 3.28. The van der Waals surface area contributed by atoms with Crippen LogP contribution < -0.4 is 14.2 Å². The van der Waals surface area contributed by atoms with Gasteiger partial charge in [-0.15, -0.1) is 0 Å². The molecule has 0 unspecified atom stereocenters. The lowest BCUT2D eigenvalue weighted by atomic mass is 10.1. The van der Waals surface area contributed by atoms with Gasteiger partial charge in [-0.05, 0) is 24.3 Å². The molecule has 148 valence electrons. The minimum atomic E-state index is -4.73. The molecule has 0 aromatic heterocycles. The van der Waals surface area contributed by atoms with Gasteiger partial charge >= 0.3 is 18.8 Å². The van der Waals surface area contributed by atoms with E-state index in [0.29, 0.717) is 23.4 Å². The summed E-state index contributed by atoms with van der Waals surface area (Å²) in [5.41, 5.74) is -0.478. The first kappa shape index (κ1) is 18.3. The highest BCUT2D eigenvalue weighted by Gasteiger charge is 2.63. The molecule has 5 nitrogen and oxygen atoms in total. The highest BCUT2D eigenvalue weighted by atomic mass is 19.4. The molecule has 3 atom stereocenters. The minimum absolute atomic E-state index is 0.116. The van der Waals surface area contributed by atoms with Gasteiger partial charge in [0.1, 0.15) is 23.5 Å². The number of carbonyl (C=O) groups is 1. The Morgan fingerprint density at radius 1 is 1.11 bits per heavy atom. The third kappa shape index (κ3) is 3.19. The Balaban J connectivity index is 1.59. The maximum absolute atomic E-state index is 12.8. The van der Waals surface area contributed by atoms with Crippen LogP contribution in [0.3, 0.4) is 0 Å². The zero-order valence-corrected chi connectivity index (χ0v) is 13.7. The number of hydrogen-bond donors (Lipinski definition) is 1. The lowest BCUT2D eigenvalue weighted by molar-refractivity contribution is -0.139. The van der Waals surface area contributed by atoms with Gasteiger partial charge in [-0.2, -0.15) is 22.0 Å². The Hall–Kier alpha value is -3.04. The summed E-state index contributed by atoms with van der Waals surface area (Å²) in [7, 11) is 0. The summed E-state index contributed by atoms with van der Waals surface area (Å²) in [5.74, 6) is -2.43. The molecule has 1 aliphatic carbocycles. The SMILES string of the molecule is O=C(O)[C@H]1[C@@H]2Oc3cc(Oc4ccc(C(F)(F)F)cc4OC(F)F)ccc3[C@@H]21. The zero-order chi connectivity index (χ0) is 20.2.